The number of rotatable bonds is 2. The molecule has 110 valence electrons. The van der Waals surface area contributed by atoms with Gasteiger partial charge in [0.05, 0.1) is 4.90 Å². The Morgan fingerprint density at radius 1 is 1.05 bits per heavy atom. The molecule has 0 aromatic heterocycles. The van der Waals surface area contributed by atoms with Crippen LogP contribution in [0.1, 0.15) is 16.7 Å². The first-order valence-corrected chi connectivity index (χ1v) is 8.62. The summed E-state index contributed by atoms with van der Waals surface area (Å²) in [5.74, 6) is 0.965. The molecule has 0 amide bonds. The molecule has 0 saturated carbocycles. The number of fused-ring (bicyclic) bond motifs is 1. The van der Waals surface area contributed by atoms with E-state index >= 15 is 0 Å². The van der Waals surface area contributed by atoms with E-state index < -0.39 is 10.0 Å². The predicted molar refractivity (Wildman–Crippen MR) is 79.3 cm³/mol. The molecule has 2 heterocycles. The monoisotopic (exact) mass is 294 g/mol. The molecular weight excluding hydrogens is 272 g/mol. The summed E-state index contributed by atoms with van der Waals surface area (Å²) < 4.78 is 27.5. The van der Waals surface area contributed by atoms with Gasteiger partial charge in [-0.3, -0.25) is 0 Å². The molecule has 2 atom stereocenters. The van der Waals surface area contributed by atoms with E-state index in [1.165, 1.54) is 0 Å². The van der Waals surface area contributed by atoms with Gasteiger partial charge in [0.25, 0.3) is 0 Å². The van der Waals surface area contributed by atoms with Crippen molar-refractivity contribution < 1.29 is 8.42 Å². The van der Waals surface area contributed by atoms with Gasteiger partial charge in [-0.05, 0) is 56.8 Å². The minimum atomic E-state index is -3.35. The van der Waals surface area contributed by atoms with Gasteiger partial charge in [-0.25, -0.2) is 8.42 Å². The molecular formula is C15H22N2O2S. The summed E-state index contributed by atoms with van der Waals surface area (Å²) in [6.45, 7) is 9.00. The maximum absolute atomic E-state index is 12.9. The second-order valence-corrected chi connectivity index (χ2v) is 8.10. The second-order valence-electron chi connectivity index (χ2n) is 6.23. The van der Waals surface area contributed by atoms with Crippen molar-refractivity contribution in [3.63, 3.8) is 0 Å². The average Bonchev–Trinajstić information content (AvgIpc) is 2.85. The lowest BCUT2D eigenvalue weighted by Crippen LogP contribution is -2.32. The highest BCUT2D eigenvalue weighted by Crippen LogP contribution is 2.33. The zero-order valence-corrected chi connectivity index (χ0v) is 13.1. The molecule has 2 aliphatic rings. The van der Waals surface area contributed by atoms with Crippen molar-refractivity contribution in [3.05, 3.63) is 28.8 Å². The number of aryl methyl sites for hydroxylation is 3. The summed E-state index contributed by atoms with van der Waals surface area (Å²) in [5, 5.41) is 3.34. The fraction of sp³-hybridized carbons (Fsp3) is 0.600. The molecule has 0 radical (unpaired) electrons. The first-order valence-electron chi connectivity index (χ1n) is 7.18. The SMILES string of the molecule is Cc1cc(C)c(S(=O)(=O)N2C[C@H]3CNC[C@H]3C2)c(C)c1. The molecule has 2 saturated heterocycles. The quantitative estimate of drug-likeness (QED) is 0.898. The average molecular weight is 294 g/mol. The second kappa shape index (κ2) is 4.83. The summed E-state index contributed by atoms with van der Waals surface area (Å²) in [5.41, 5.74) is 2.83. The van der Waals surface area contributed by atoms with Crippen molar-refractivity contribution in [3.8, 4) is 0 Å². The first-order chi connectivity index (χ1) is 9.39. The highest BCUT2D eigenvalue weighted by atomic mass is 32.2. The summed E-state index contributed by atoms with van der Waals surface area (Å²) >= 11 is 0. The van der Waals surface area contributed by atoms with E-state index in [2.05, 4.69) is 5.32 Å². The minimum absolute atomic E-state index is 0.482. The third kappa shape index (κ3) is 2.18. The van der Waals surface area contributed by atoms with E-state index in [4.69, 9.17) is 0 Å². The number of nitrogens with zero attached hydrogens (tertiary/aromatic N) is 1. The van der Waals surface area contributed by atoms with Crippen molar-refractivity contribution in [1.29, 1.82) is 0 Å². The van der Waals surface area contributed by atoms with Crippen molar-refractivity contribution in [2.24, 2.45) is 11.8 Å². The molecule has 20 heavy (non-hydrogen) atoms. The molecule has 4 nitrogen and oxygen atoms in total. The Labute approximate surface area is 121 Å². The summed E-state index contributed by atoms with van der Waals surface area (Å²) in [4.78, 5) is 0.510. The van der Waals surface area contributed by atoms with Crippen LogP contribution in [0.2, 0.25) is 0 Å². The third-order valence-corrected chi connectivity index (χ3v) is 6.70. The Balaban J connectivity index is 1.97. The Bertz CT molecular complexity index is 604. The van der Waals surface area contributed by atoms with Gasteiger partial charge >= 0.3 is 0 Å². The Kier molecular flexibility index (Phi) is 3.39. The lowest BCUT2D eigenvalue weighted by Gasteiger charge is -2.20. The van der Waals surface area contributed by atoms with Crippen molar-refractivity contribution in [1.82, 2.24) is 9.62 Å². The van der Waals surface area contributed by atoms with Gasteiger partial charge in [-0.1, -0.05) is 17.7 Å². The summed E-state index contributed by atoms with van der Waals surface area (Å²) in [6, 6.07) is 3.91. The van der Waals surface area contributed by atoms with Crippen LogP contribution in [-0.4, -0.2) is 38.9 Å². The molecule has 1 N–H and O–H groups in total. The van der Waals surface area contributed by atoms with E-state index in [0.29, 0.717) is 29.8 Å². The fourth-order valence-electron chi connectivity index (χ4n) is 3.71. The van der Waals surface area contributed by atoms with Gasteiger partial charge < -0.3 is 5.32 Å². The molecule has 0 bridgehead atoms. The Morgan fingerprint density at radius 2 is 1.55 bits per heavy atom. The molecule has 1 aromatic rings. The minimum Gasteiger partial charge on any atom is -0.316 e. The third-order valence-electron chi connectivity index (χ3n) is 4.56. The van der Waals surface area contributed by atoms with Crippen molar-refractivity contribution in [2.45, 2.75) is 25.7 Å². The van der Waals surface area contributed by atoms with E-state index in [1.54, 1.807) is 4.31 Å². The van der Waals surface area contributed by atoms with Gasteiger partial charge in [-0.15, -0.1) is 0 Å². The molecule has 0 spiro atoms. The van der Waals surface area contributed by atoms with Crippen LogP contribution in [0, 0.1) is 32.6 Å². The number of hydrogen-bond donors (Lipinski definition) is 1. The van der Waals surface area contributed by atoms with Gasteiger partial charge in [0.2, 0.25) is 10.0 Å². The predicted octanol–water partition coefficient (Wildman–Crippen LogP) is 1.45. The molecule has 0 aliphatic carbocycles. The molecule has 2 aliphatic heterocycles. The zero-order chi connectivity index (χ0) is 14.5. The van der Waals surface area contributed by atoms with E-state index in [-0.39, 0.29) is 0 Å². The van der Waals surface area contributed by atoms with Crippen molar-refractivity contribution in [2.75, 3.05) is 26.2 Å². The fourth-order valence-corrected chi connectivity index (χ4v) is 5.68. The van der Waals surface area contributed by atoms with E-state index in [0.717, 1.165) is 29.8 Å². The molecule has 2 fully saturated rings. The van der Waals surface area contributed by atoms with Crippen LogP contribution < -0.4 is 5.32 Å². The standard InChI is InChI=1S/C15H22N2O2S/c1-10-4-11(2)15(12(3)5-10)20(18,19)17-8-13-6-16-7-14(13)9-17/h4-5,13-14,16H,6-9H2,1-3H3/t13-,14+. The largest absolute Gasteiger partial charge is 0.316 e. The number of sulfonamides is 1. The Hall–Kier alpha value is -0.910. The summed E-state index contributed by atoms with van der Waals surface area (Å²) in [7, 11) is -3.35. The molecule has 1 aromatic carbocycles. The van der Waals surface area contributed by atoms with Crippen LogP contribution in [0.25, 0.3) is 0 Å². The van der Waals surface area contributed by atoms with Gasteiger partial charge in [0, 0.05) is 13.1 Å². The normalized spacial score (nSPS) is 26.9. The number of hydrogen-bond acceptors (Lipinski definition) is 3. The van der Waals surface area contributed by atoms with Gasteiger partial charge in [0.1, 0.15) is 0 Å². The van der Waals surface area contributed by atoms with Crippen LogP contribution in [0.15, 0.2) is 17.0 Å². The topological polar surface area (TPSA) is 49.4 Å². The molecule has 5 heteroatoms. The molecule has 0 unspecified atom stereocenters. The van der Waals surface area contributed by atoms with E-state index in [1.807, 2.05) is 32.9 Å². The van der Waals surface area contributed by atoms with Crippen LogP contribution in [0.4, 0.5) is 0 Å². The lowest BCUT2D eigenvalue weighted by molar-refractivity contribution is 0.447. The highest BCUT2D eigenvalue weighted by Gasteiger charge is 2.42. The Morgan fingerprint density at radius 3 is 2.05 bits per heavy atom. The van der Waals surface area contributed by atoms with Crippen LogP contribution >= 0.6 is 0 Å². The molecule has 3 rings (SSSR count). The van der Waals surface area contributed by atoms with Gasteiger partial charge in [0.15, 0.2) is 0 Å². The van der Waals surface area contributed by atoms with Crippen LogP contribution in [0.3, 0.4) is 0 Å². The van der Waals surface area contributed by atoms with Gasteiger partial charge in [-0.2, -0.15) is 4.31 Å². The number of nitrogens with one attached hydrogen (secondary N) is 1. The lowest BCUT2D eigenvalue weighted by atomic mass is 10.0. The maximum Gasteiger partial charge on any atom is 0.243 e. The highest BCUT2D eigenvalue weighted by molar-refractivity contribution is 7.89. The van der Waals surface area contributed by atoms with E-state index in [9.17, 15) is 8.42 Å². The maximum atomic E-state index is 12.9. The summed E-state index contributed by atoms with van der Waals surface area (Å²) in [6.07, 6.45) is 0. The first kappa shape index (κ1) is 14.0. The smallest absolute Gasteiger partial charge is 0.243 e. The number of benzene rings is 1. The van der Waals surface area contributed by atoms with Crippen LogP contribution in [0.5, 0.6) is 0 Å². The zero-order valence-electron chi connectivity index (χ0n) is 12.3. The van der Waals surface area contributed by atoms with Crippen LogP contribution in [-0.2, 0) is 10.0 Å². The van der Waals surface area contributed by atoms with Crippen molar-refractivity contribution >= 4 is 10.0 Å².